The zero-order valence-electron chi connectivity index (χ0n) is 9.07. The fourth-order valence-corrected chi connectivity index (χ4v) is 1.66. The molecule has 0 fully saturated rings. The number of hydrogen-bond acceptors (Lipinski definition) is 2. The summed E-state index contributed by atoms with van der Waals surface area (Å²) in [4.78, 5) is 11.9. The second kappa shape index (κ2) is 4.22. The lowest BCUT2D eigenvalue weighted by Crippen LogP contribution is -2.22. The van der Waals surface area contributed by atoms with Crippen LogP contribution < -0.4 is 5.56 Å². The molecule has 1 heterocycles. The largest absolute Gasteiger partial charge is 0.286 e. The zero-order valence-corrected chi connectivity index (χ0v) is 10.7. The van der Waals surface area contributed by atoms with Crippen LogP contribution in [0.1, 0.15) is 11.1 Å². The fourth-order valence-electron chi connectivity index (χ4n) is 1.38. The van der Waals surface area contributed by atoms with Gasteiger partial charge in [-0.15, -0.1) is 0 Å². The monoisotopic (exact) mass is 278 g/mol. The van der Waals surface area contributed by atoms with E-state index in [4.69, 9.17) is 0 Å². The molecule has 0 atom stereocenters. The number of halogens is 1. The molecular weight excluding hydrogens is 268 g/mol. The molecule has 82 valence electrons. The zero-order chi connectivity index (χ0) is 11.7. The average molecular weight is 279 g/mol. The van der Waals surface area contributed by atoms with Crippen molar-refractivity contribution in [2.24, 2.45) is 0 Å². The van der Waals surface area contributed by atoms with Crippen molar-refractivity contribution < 1.29 is 0 Å². The molecule has 0 saturated carbocycles. The molecule has 2 rings (SSSR count). The Bertz CT molecular complexity index is 573. The van der Waals surface area contributed by atoms with E-state index >= 15 is 0 Å². The number of aryl methyl sites for hydroxylation is 2. The molecule has 0 saturated heterocycles. The maximum atomic E-state index is 11.9. The Hall–Kier alpha value is -1.42. The Morgan fingerprint density at radius 3 is 2.44 bits per heavy atom. The van der Waals surface area contributed by atoms with E-state index in [1.807, 2.05) is 38.1 Å². The lowest BCUT2D eigenvalue weighted by Gasteiger charge is -2.06. The van der Waals surface area contributed by atoms with Gasteiger partial charge in [0.05, 0.1) is 16.4 Å². The first-order chi connectivity index (χ1) is 7.59. The second-order valence-corrected chi connectivity index (χ2v) is 4.49. The maximum Gasteiger partial charge on any atom is 0.286 e. The maximum absolute atomic E-state index is 11.9. The Kier molecular flexibility index (Phi) is 2.92. The van der Waals surface area contributed by atoms with Gasteiger partial charge in [0.1, 0.15) is 0 Å². The van der Waals surface area contributed by atoms with E-state index in [0.717, 1.165) is 16.8 Å². The van der Waals surface area contributed by atoms with Gasteiger partial charge in [-0.1, -0.05) is 17.7 Å². The Morgan fingerprint density at radius 1 is 1.19 bits per heavy atom. The first kappa shape index (κ1) is 11.1. The summed E-state index contributed by atoms with van der Waals surface area (Å²) in [6, 6.07) is 7.67. The Morgan fingerprint density at radius 2 is 1.81 bits per heavy atom. The smallest absolute Gasteiger partial charge is 0.266 e. The predicted octanol–water partition coefficient (Wildman–Crippen LogP) is 2.61. The average Bonchev–Trinajstić information content (AvgIpc) is 2.28. The van der Waals surface area contributed by atoms with Crippen LogP contribution in [0.5, 0.6) is 0 Å². The molecule has 0 aliphatic carbocycles. The Labute approximate surface area is 102 Å². The summed E-state index contributed by atoms with van der Waals surface area (Å²) < 4.78 is 1.94. The number of benzene rings is 1. The van der Waals surface area contributed by atoms with Gasteiger partial charge in [0.15, 0.2) is 0 Å². The van der Waals surface area contributed by atoms with Gasteiger partial charge in [0.2, 0.25) is 0 Å². The van der Waals surface area contributed by atoms with Crippen LogP contribution >= 0.6 is 15.9 Å². The summed E-state index contributed by atoms with van der Waals surface area (Å²) in [5, 5.41) is 4.11. The minimum atomic E-state index is -0.135. The van der Waals surface area contributed by atoms with Gasteiger partial charge < -0.3 is 0 Å². The van der Waals surface area contributed by atoms with Gasteiger partial charge in [0, 0.05) is 0 Å². The van der Waals surface area contributed by atoms with Crippen molar-refractivity contribution in [3.8, 4) is 5.69 Å². The van der Waals surface area contributed by atoms with Crippen LogP contribution in [0.15, 0.2) is 39.7 Å². The van der Waals surface area contributed by atoms with Crippen molar-refractivity contribution in [2.45, 2.75) is 13.8 Å². The molecule has 0 bridgehead atoms. The van der Waals surface area contributed by atoms with E-state index in [9.17, 15) is 4.79 Å². The number of rotatable bonds is 1. The fraction of sp³-hybridized carbons (Fsp3) is 0.167. The lowest BCUT2D eigenvalue weighted by molar-refractivity contribution is 0.793. The minimum absolute atomic E-state index is 0.135. The van der Waals surface area contributed by atoms with Crippen LogP contribution in [0.3, 0.4) is 0 Å². The van der Waals surface area contributed by atoms with Crippen LogP contribution in [0.2, 0.25) is 0 Å². The first-order valence-electron chi connectivity index (χ1n) is 4.91. The summed E-state index contributed by atoms with van der Waals surface area (Å²) in [6.45, 7) is 3.85. The number of aromatic nitrogens is 2. The molecule has 0 amide bonds. The predicted molar refractivity (Wildman–Crippen MR) is 67.0 cm³/mol. The normalized spacial score (nSPS) is 10.4. The third-order valence-corrected chi connectivity index (χ3v) is 3.34. The molecular formula is C12H11BrN2O. The summed E-state index contributed by atoms with van der Waals surface area (Å²) in [7, 11) is 0. The highest BCUT2D eigenvalue weighted by atomic mass is 79.9. The third kappa shape index (κ3) is 1.93. The molecule has 1 aromatic carbocycles. The molecule has 0 N–H and O–H groups in total. The van der Waals surface area contributed by atoms with Crippen LogP contribution in [-0.2, 0) is 0 Å². The quantitative estimate of drug-likeness (QED) is 0.804. The van der Waals surface area contributed by atoms with E-state index in [2.05, 4.69) is 21.0 Å². The summed E-state index contributed by atoms with van der Waals surface area (Å²) >= 11 is 3.27. The molecule has 3 nitrogen and oxygen atoms in total. The molecule has 1 aromatic heterocycles. The van der Waals surface area contributed by atoms with Crippen molar-refractivity contribution in [3.05, 3.63) is 56.4 Å². The third-order valence-electron chi connectivity index (χ3n) is 2.37. The van der Waals surface area contributed by atoms with Crippen molar-refractivity contribution in [1.29, 1.82) is 0 Å². The van der Waals surface area contributed by atoms with Crippen molar-refractivity contribution in [1.82, 2.24) is 9.78 Å². The molecule has 0 radical (unpaired) electrons. The second-order valence-electron chi connectivity index (χ2n) is 3.69. The van der Waals surface area contributed by atoms with Crippen molar-refractivity contribution in [3.63, 3.8) is 0 Å². The Balaban J connectivity index is 2.61. The van der Waals surface area contributed by atoms with Crippen LogP contribution in [-0.4, -0.2) is 9.78 Å². The highest BCUT2D eigenvalue weighted by Gasteiger charge is 2.06. The van der Waals surface area contributed by atoms with E-state index in [-0.39, 0.29) is 5.56 Å². The van der Waals surface area contributed by atoms with Crippen molar-refractivity contribution >= 4 is 15.9 Å². The highest BCUT2D eigenvalue weighted by Crippen LogP contribution is 2.11. The number of hydrogen-bond donors (Lipinski definition) is 0. The van der Waals surface area contributed by atoms with E-state index < -0.39 is 0 Å². The van der Waals surface area contributed by atoms with Gasteiger partial charge in [-0.2, -0.15) is 9.78 Å². The SMILES string of the molecule is Cc1ccc(-n2ncc(C)c(Br)c2=O)cc1. The van der Waals surface area contributed by atoms with E-state index in [1.165, 1.54) is 4.68 Å². The standard InChI is InChI=1S/C12H11BrN2O/c1-8-3-5-10(6-4-8)15-12(16)11(13)9(2)7-14-15/h3-7H,1-2H3. The van der Waals surface area contributed by atoms with Gasteiger partial charge in [-0.3, -0.25) is 4.79 Å². The van der Waals surface area contributed by atoms with Gasteiger partial charge in [-0.25, -0.2) is 0 Å². The molecule has 0 spiro atoms. The van der Waals surface area contributed by atoms with Crippen molar-refractivity contribution in [2.75, 3.05) is 0 Å². The first-order valence-corrected chi connectivity index (χ1v) is 5.70. The van der Waals surface area contributed by atoms with E-state index in [1.54, 1.807) is 6.20 Å². The number of nitrogens with zero attached hydrogens (tertiary/aromatic N) is 2. The molecule has 4 heteroatoms. The molecule has 0 aliphatic heterocycles. The lowest BCUT2D eigenvalue weighted by atomic mass is 10.2. The topological polar surface area (TPSA) is 34.9 Å². The van der Waals surface area contributed by atoms with Crippen LogP contribution in [0.4, 0.5) is 0 Å². The summed E-state index contributed by atoms with van der Waals surface area (Å²) in [5.41, 5.74) is 2.64. The van der Waals surface area contributed by atoms with Gasteiger partial charge in [0.25, 0.3) is 5.56 Å². The molecule has 16 heavy (non-hydrogen) atoms. The van der Waals surface area contributed by atoms with Gasteiger partial charge >= 0.3 is 0 Å². The highest BCUT2D eigenvalue weighted by molar-refractivity contribution is 9.10. The van der Waals surface area contributed by atoms with Crippen LogP contribution in [0, 0.1) is 13.8 Å². The van der Waals surface area contributed by atoms with Crippen LogP contribution in [0.25, 0.3) is 5.69 Å². The molecule has 0 unspecified atom stereocenters. The summed E-state index contributed by atoms with van der Waals surface area (Å²) in [6.07, 6.45) is 1.67. The molecule has 0 aliphatic rings. The minimum Gasteiger partial charge on any atom is -0.266 e. The van der Waals surface area contributed by atoms with Gasteiger partial charge in [-0.05, 0) is 47.5 Å². The summed E-state index contributed by atoms with van der Waals surface area (Å²) in [5.74, 6) is 0. The molecule has 2 aromatic rings. The van der Waals surface area contributed by atoms with E-state index in [0.29, 0.717) is 4.47 Å².